The van der Waals surface area contributed by atoms with Crippen molar-refractivity contribution in [2.24, 2.45) is 0 Å². The lowest BCUT2D eigenvalue weighted by molar-refractivity contribution is 0.0737. The standard InChI is InChI=1S/C15H19Cl2N4O2P/c1-20(2)15(23-24(16,17)22)13-5-7-14(8-6-13)21(11-3-9-18)12-4-10-19/h5-8,15H,3-4,11-12H2,1-2H3. The van der Waals surface area contributed by atoms with E-state index in [1.165, 1.54) is 0 Å². The summed E-state index contributed by atoms with van der Waals surface area (Å²) in [5.41, 5.74) is 1.63. The Bertz CT molecular complexity index is 631. The van der Waals surface area contributed by atoms with Gasteiger partial charge in [0.05, 0.1) is 25.0 Å². The zero-order valence-electron chi connectivity index (χ0n) is 13.5. The molecule has 0 aromatic heterocycles. The molecule has 0 bridgehead atoms. The van der Waals surface area contributed by atoms with Gasteiger partial charge in [-0.2, -0.15) is 10.5 Å². The van der Waals surface area contributed by atoms with Gasteiger partial charge in [0.25, 0.3) is 0 Å². The number of nitriles is 2. The maximum Gasteiger partial charge on any atom is 0.381 e. The predicted molar refractivity (Wildman–Crippen MR) is 95.9 cm³/mol. The van der Waals surface area contributed by atoms with Gasteiger partial charge >= 0.3 is 6.07 Å². The van der Waals surface area contributed by atoms with Crippen molar-refractivity contribution in [1.29, 1.82) is 10.5 Å². The van der Waals surface area contributed by atoms with Crippen LogP contribution in [0.2, 0.25) is 0 Å². The number of halogens is 2. The second-order valence-corrected chi connectivity index (χ2v) is 9.46. The molecule has 0 N–H and O–H groups in total. The monoisotopic (exact) mass is 388 g/mol. The third-order valence-corrected chi connectivity index (χ3v) is 4.15. The molecule has 1 aromatic carbocycles. The summed E-state index contributed by atoms with van der Waals surface area (Å²) in [6.45, 7) is 1.09. The van der Waals surface area contributed by atoms with E-state index in [-0.39, 0.29) is 0 Å². The van der Waals surface area contributed by atoms with Gasteiger partial charge in [0.1, 0.15) is 6.23 Å². The Morgan fingerprint density at radius 1 is 1.12 bits per heavy atom. The van der Waals surface area contributed by atoms with Crippen molar-refractivity contribution in [2.75, 3.05) is 32.1 Å². The molecule has 130 valence electrons. The summed E-state index contributed by atoms with van der Waals surface area (Å²) >= 11 is 11.0. The molecule has 1 rings (SSSR count). The Morgan fingerprint density at radius 3 is 2.00 bits per heavy atom. The van der Waals surface area contributed by atoms with Crippen LogP contribution < -0.4 is 4.90 Å². The minimum atomic E-state index is -3.68. The number of hydrogen-bond acceptors (Lipinski definition) is 6. The van der Waals surface area contributed by atoms with Crippen molar-refractivity contribution in [2.45, 2.75) is 19.1 Å². The van der Waals surface area contributed by atoms with Crippen LogP contribution in [0.3, 0.4) is 0 Å². The van der Waals surface area contributed by atoms with Gasteiger partial charge in [0.15, 0.2) is 0 Å². The third-order valence-electron chi connectivity index (χ3n) is 3.22. The number of rotatable bonds is 9. The third kappa shape index (κ3) is 7.09. The highest BCUT2D eigenvalue weighted by Gasteiger charge is 2.25. The van der Waals surface area contributed by atoms with Crippen LogP contribution in [0.15, 0.2) is 24.3 Å². The van der Waals surface area contributed by atoms with E-state index >= 15 is 0 Å². The van der Waals surface area contributed by atoms with Gasteiger partial charge < -0.3 is 4.90 Å². The lowest BCUT2D eigenvalue weighted by Crippen LogP contribution is -2.25. The fourth-order valence-electron chi connectivity index (χ4n) is 2.16. The first kappa shape index (κ1) is 20.8. The van der Waals surface area contributed by atoms with Crippen LogP contribution in [-0.2, 0) is 9.09 Å². The Balaban J connectivity index is 2.97. The largest absolute Gasteiger partial charge is 0.381 e. The molecule has 0 saturated heterocycles. The Morgan fingerprint density at radius 2 is 1.62 bits per heavy atom. The van der Waals surface area contributed by atoms with Gasteiger partial charge in [0, 0.05) is 18.8 Å². The second-order valence-electron chi connectivity index (χ2n) is 5.23. The van der Waals surface area contributed by atoms with Crippen LogP contribution in [0.5, 0.6) is 0 Å². The Kier molecular flexibility index (Phi) is 8.56. The molecule has 0 aliphatic heterocycles. The highest BCUT2D eigenvalue weighted by molar-refractivity contribution is 8.05. The lowest BCUT2D eigenvalue weighted by atomic mass is 10.1. The van der Waals surface area contributed by atoms with E-state index in [4.69, 9.17) is 37.5 Å². The molecule has 0 radical (unpaired) electrons. The van der Waals surface area contributed by atoms with Crippen LogP contribution in [-0.4, -0.2) is 32.1 Å². The highest BCUT2D eigenvalue weighted by Crippen LogP contribution is 2.60. The second kappa shape index (κ2) is 9.89. The van der Waals surface area contributed by atoms with Crippen LogP contribution in [0, 0.1) is 22.7 Å². The first-order valence-electron chi connectivity index (χ1n) is 7.21. The van der Waals surface area contributed by atoms with Crippen molar-refractivity contribution in [3.8, 4) is 12.1 Å². The van der Waals surface area contributed by atoms with Crippen LogP contribution >= 0.6 is 28.6 Å². The molecule has 1 atom stereocenters. The molecular formula is C15H19Cl2N4O2P. The summed E-state index contributed by atoms with van der Waals surface area (Å²) in [4.78, 5) is 3.67. The molecular weight excluding hydrogens is 370 g/mol. The molecule has 0 heterocycles. The van der Waals surface area contributed by atoms with E-state index in [1.54, 1.807) is 19.0 Å². The summed E-state index contributed by atoms with van der Waals surface area (Å²) in [6, 6.07) is 11.6. The van der Waals surface area contributed by atoms with Crippen LogP contribution in [0.4, 0.5) is 5.69 Å². The van der Waals surface area contributed by atoms with Crippen molar-refractivity contribution in [3.05, 3.63) is 29.8 Å². The zero-order chi connectivity index (χ0) is 18.2. The highest BCUT2D eigenvalue weighted by atomic mass is 35.9. The average Bonchev–Trinajstić information content (AvgIpc) is 2.52. The van der Waals surface area contributed by atoms with Crippen molar-refractivity contribution in [3.63, 3.8) is 0 Å². The summed E-state index contributed by atoms with van der Waals surface area (Å²) in [7, 11) is 3.52. The first-order valence-corrected chi connectivity index (χ1v) is 10.6. The molecule has 0 amide bonds. The van der Waals surface area contributed by atoms with Crippen molar-refractivity contribution < 1.29 is 9.09 Å². The summed E-state index contributed by atoms with van der Waals surface area (Å²) in [6.07, 6.45) is -3.58. The number of anilines is 1. The fourth-order valence-corrected chi connectivity index (χ4v) is 3.15. The van der Waals surface area contributed by atoms with E-state index in [0.717, 1.165) is 11.3 Å². The molecule has 0 spiro atoms. The van der Waals surface area contributed by atoms with Crippen molar-refractivity contribution >= 4 is 34.2 Å². The molecule has 1 unspecified atom stereocenters. The Hall–Kier alpha value is -1.27. The summed E-state index contributed by atoms with van der Waals surface area (Å²) < 4.78 is 16.8. The topological polar surface area (TPSA) is 80.4 Å². The number of hydrogen-bond donors (Lipinski definition) is 0. The predicted octanol–water partition coefficient (Wildman–Crippen LogP) is 4.48. The molecule has 9 heteroatoms. The van der Waals surface area contributed by atoms with Gasteiger partial charge in [-0.1, -0.05) is 12.1 Å². The van der Waals surface area contributed by atoms with E-state index in [1.807, 2.05) is 29.2 Å². The SMILES string of the molecule is CN(C)C(OP(=O)(Cl)Cl)c1ccc(N(CCC#N)CCC#N)cc1. The van der Waals surface area contributed by atoms with E-state index < -0.39 is 12.3 Å². The Labute approximate surface area is 152 Å². The first-order chi connectivity index (χ1) is 11.3. The lowest BCUT2D eigenvalue weighted by Gasteiger charge is -2.26. The quantitative estimate of drug-likeness (QED) is 0.458. The summed E-state index contributed by atoms with van der Waals surface area (Å²) in [5.74, 6) is 0. The van der Waals surface area contributed by atoms with Gasteiger partial charge in [-0.15, -0.1) is 0 Å². The van der Waals surface area contributed by atoms with Gasteiger partial charge in [-0.25, -0.2) is 0 Å². The summed E-state index contributed by atoms with van der Waals surface area (Å²) in [5, 5.41) is 17.5. The molecule has 0 aliphatic rings. The minimum Gasteiger partial charge on any atom is -0.369 e. The van der Waals surface area contributed by atoms with Gasteiger partial charge in [0.2, 0.25) is 0 Å². The molecule has 0 fully saturated rings. The van der Waals surface area contributed by atoms with E-state index in [0.29, 0.717) is 25.9 Å². The van der Waals surface area contributed by atoms with E-state index in [2.05, 4.69) is 12.1 Å². The molecule has 1 aromatic rings. The average molecular weight is 389 g/mol. The van der Waals surface area contributed by atoms with Gasteiger partial charge in [-0.3, -0.25) is 14.0 Å². The molecule has 0 aliphatic carbocycles. The molecule has 24 heavy (non-hydrogen) atoms. The maximum atomic E-state index is 11.5. The van der Waals surface area contributed by atoms with E-state index in [9.17, 15) is 4.57 Å². The smallest absolute Gasteiger partial charge is 0.369 e. The van der Waals surface area contributed by atoms with Crippen molar-refractivity contribution in [1.82, 2.24) is 4.90 Å². The number of benzene rings is 1. The zero-order valence-corrected chi connectivity index (χ0v) is 15.9. The maximum absolute atomic E-state index is 11.5. The minimum absolute atomic E-state index is 0.373. The molecule has 6 nitrogen and oxygen atoms in total. The fraction of sp³-hybridized carbons (Fsp3) is 0.467. The normalized spacial score (nSPS) is 12.5. The molecule has 0 saturated carbocycles. The number of nitrogens with zero attached hydrogens (tertiary/aromatic N) is 4. The van der Waals surface area contributed by atoms with Crippen LogP contribution in [0.1, 0.15) is 24.6 Å². The van der Waals surface area contributed by atoms with Gasteiger partial charge in [-0.05, 0) is 54.3 Å². The van der Waals surface area contributed by atoms with Crippen LogP contribution in [0.25, 0.3) is 0 Å².